The van der Waals surface area contributed by atoms with E-state index in [2.05, 4.69) is 21.3 Å². The van der Waals surface area contributed by atoms with E-state index in [-0.39, 0.29) is 11.5 Å². The minimum Gasteiger partial charge on any atom is -0.338 e. The van der Waals surface area contributed by atoms with Crippen LogP contribution < -0.4 is 21.3 Å². The number of rotatable bonds is 11. The number of carbonyl (C=O) groups excluding carboxylic acids is 4. The largest absolute Gasteiger partial charge is 0.338 e. The van der Waals surface area contributed by atoms with Crippen LogP contribution in [0.3, 0.4) is 0 Å². The zero-order chi connectivity index (χ0) is 18.2. The molecule has 0 aromatic heterocycles. The Morgan fingerprint density at radius 3 is 1.42 bits per heavy atom. The Hall–Kier alpha value is -1.42. The monoisotopic (exact) mass is 378 g/mol. The van der Waals surface area contributed by atoms with E-state index in [9.17, 15) is 19.2 Å². The number of amides is 6. The van der Waals surface area contributed by atoms with Crippen LogP contribution in [0.1, 0.15) is 39.5 Å². The summed E-state index contributed by atoms with van der Waals surface area (Å²) in [5.74, 6) is -0.776. The van der Waals surface area contributed by atoms with Gasteiger partial charge in [0, 0.05) is 13.1 Å². The smallest absolute Gasteiger partial charge is 0.321 e. The molecule has 0 aliphatic heterocycles. The molecule has 0 aromatic carbocycles. The molecule has 0 atom stereocenters. The average Bonchev–Trinajstić information content (AvgIpc) is 2.52. The molecule has 8 nitrogen and oxygen atoms in total. The van der Waals surface area contributed by atoms with Crippen LogP contribution in [-0.2, 0) is 9.59 Å². The molecule has 0 unspecified atom stereocenters. The number of unbranched alkanes of at least 4 members (excludes halogenated alkanes) is 2. The maximum absolute atomic E-state index is 11.5. The van der Waals surface area contributed by atoms with Crippen LogP contribution in [0.15, 0.2) is 0 Å². The lowest BCUT2D eigenvalue weighted by Crippen LogP contribution is -2.41. The van der Waals surface area contributed by atoms with Crippen molar-refractivity contribution in [3.8, 4) is 0 Å². The van der Waals surface area contributed by atoms with Gasteiger partial charge in [0.15, 0.2) is 0 Å². The summed E-state index contributed by atoms with van der Waals surface area (Å²) in [7, 11) is 2.28. The van der Waals surface area contributed by atoms with E-state index < -0.39 is 23.9 Å². The number of imide groups is 2. The van der Waals surface area contributed by atoms with E-state index in [1.165, 1.54) is 0 Å². The van der Waals surface area contributed by atoms with Crippen LogP contribution >= 0.6 is 21.6 Å². The fourth-order valence-corrected chi connectivity index (χ4v) is 3.03. The molecule has 0 spiro atoms. The summed E-state index contributed by atoms with van der Waals surface area (Å²) >= 11 is 0. The van der Waals surface area contributed by atoms with Crippen molar-refractivity contribution in [1.82, 2.24) is 21.3 Å². The molecule has 0 heterocycles. The molecular weight excluding hydrogens is 352 g/mol. The zero-order valence-electron chi connectivity index (χ0n) is 14.1. The normalized spacial score (nSPS) is 9.92. The van der Waals surface area contributed by atoms with E-state index in [1.807, 2.05) is 13.8 Å². The van der Waals surface area contributed by atoms with Gasteiger partial charge in [-0.05, 0) is 12.8 Å². The Morgan fingerprint density at radius 2 is 1.08 bits per heavy atom. The van der Waals surface area contributed by atoms with Gasteiger partial charge in [0.1, 0.15) is 0 Å². The molecule has 0 bridgehead atoms. The highest BCUT2D eigenvalue weighted by atomic mass is 33.1. The second-order valence-corrected chi connectivity index (χ2v) is 7.30. The summed E-state index contributed by atoms with van der Waals surface area (Å²) in [6, 6.07) is -1.03. The average molecular weight is 379 g/mol. The Balaban J connectivity index is 3.66. The topological polar surface area (TPSA) is 116 Å². The van der Waals surface area contributed by atoms with Gasteiger partial charge in [-0.2, -0.15) is 0 Å². The van der Waals surface area contributed by atoms with Crippen molar-refractivity contribution in [2.75, 3.05) is 24.6 Å². The van der Waals surface area contributed by atoms with Crippen LogP contribution in [0, 0.1) is 0 Å². The third kappa shape index (κ3) is 14.2. The first-order chi connectivity index (χ1) is 11.5. The Bertz CT molecular complexity index is 384. The lowest BCUT2D eigenvalue weighted by molar-refractivity contribution is -0.118. The molecule has 10 heteroatoms. The lowest BCUT2D eigenvalue weighted by Gasteiger charge is -2.06. The summed E-state index contributed by atoms with van der Waals surface area (Å²) in [5.41, 5.74) is 0. The van der Waals surface area contributed by atoms with Crippen molar-refractivity contribution >= 4 is 45.5 Å². The Morgan fingerprint density at radius 1 is 0.708 bits per heavy atom. The molecule has 4 N–H and O–H groups in total. The fraction of sp³-hybridized carbons (Fsp3) is 0.714. The first kappa shape index (κ1) is 22.6. The molecule has 0 aromatic rings. The van der Waals surface area contributed by atoms with E-state index in [0.717, 1.165) is 47.3 Å². The molecule has 24 heavy (non-hydrogen) atoms. The van der Waals surface area contributed by atoms with Crippen LogP contribution in [-0.4, -0.2) is 48.5 Å². The Kier molecular flexibility index (Phi) is 14.2. The molecule has 0 rings (SSSR count). The van der Waals surface area contributed by atoms with Gasteiger partial charge in [-0.15, -0.1) is 0 Å². The van der Waals surface area contributed by atoms with Crippen molar-refractivity contribution in [3.05, 3.63) is 0 Å². The zero-order valence-corrected chi connectivity index (χ0v) is 15.7. The van der Waals surface area contributed by atoms with Gasteiger partial charge < -0.3 is 10.6 Å². The second kappa shape index (κ2) is 15.1. The van der Waals surface area contributed by atoms with Crippen LogP contribution in [0.4, 0.5) is 9.59 Å². The molecule has 6 amide bonds. The molecule has 0 radical (unpaired) electrons. The highest BCUT2D eigenvalue weighted by Gasteiger charge is 2.10. The minimum absolute atomic E-state index is 0.0435. The molecule has 0 aliphatic carbocycles. The number of carbonyl (C=O) groups is 4. The molecule has 0 saturated heterocycles. The quantitative estimate of drug-likeness (QED) is 0.321. The van der Waals surface area contributed by atoms with Crippen LogP contribution in [0.5, 0.6) is 0 Å². The maximum atomic E-state index is 11.5. The first-order valence-electron chi connectivity index (χ1n) is 7.89. The number of nitrogens with one attached hydrogen (secondary N) is 4. The highest BCUT2D eigenvalue weighted by Crippen LogP contribution is 2.19. The van der Waals surface area contributed by atoms with E-state index in [4.69, 9.17) is 0 Å². The predicted octanol–water partition coefficient (Wildman–Crippen LogP) is 1.62. The Labute approximate surface area is 150 Å². The minimum atomic E-state index is -0.513. The summed E-state index contributed by atoms with van der Waals surface area (Å²) in [6.07, 6.45) is 3.62. The van der Waals surface area contributed by atoms with E-state index in [0.29, 0.717) is 13.1 Å². The van der Waals surface area contributed by atoms with Crippen LogP contribution in [0.2, 0.25) is 0 Å². The molecular formula is C14H26N4O4S2. The molecule has 138 valence electrons. The highest BCUT2D eigenvalue weighted by molar-refractivity contribution is 8.77. The van der Waals surface area contributed by atoms with Gasteiger partial charge in [0.25, 0.3) is 0 Å². The van der Waals surface area contributed by atoms with Gasteiger partial charge in [-0.3, -0.25) is 20.2 Å². The first-order valence-corrected chi connectivity index (χ1v) is 10.4. The van der Waals surface area contributed by atoms with Crippen molar-refractivity contribution in [2.45, 2.75) is 39.5 Å². The standard InChI is InChI=1S/C14H26N4O4S2/c1-3-5-7-15-13(21)17-11(19)9-23-24-10-12(20)18-14(22)16-8-6-4-2/h3-10H2,1-2H3,(H2,15,17,19,21)(H2,16,18,20,22). The van der Waals surface area contributed by atoms with Crippen LogP contribution in [0.25, 0.3) is 0 Å². The number of urea groups is 2. The molecule has 0 saturated carbocycles. The third-order valence-electron chi connectivity index (χ3n) is 2.60. The molecule has 0 fully saturated rings. The summed E-state index contributed by atoms with van der Waals surface area (Å²) in [4.78, 5) is 45.6. The van der Waals surface area contributed by atoms with Gasteiger partial charge in [0.2, 0.25) is 11.8 Å². The van der Waals surface area contributed by atoms with Gasteiger partial charge >= 0.3 is 12.1 Å². The predicted molar refractivity (Wildman–Crippen MR) is 97.8 cm³/mol. The summed E-state index contributed by atoms with van der Waals surface area (Å²) in [5, 5.41) is 9.54. The number of hydrogen-bond acceptors (Lipinski definition) is 6. The summed E-state index contributed by atoms with van der Waals surface area (Å²) in [6.45, 7) is 5.06. The van der Waals surface area contributed by atoms with Crippen molar-refractivity contribution in [2.24, 2.45) is 0 Å². The maximum Gasteiger partial charge on any atom is 0.321 e. The van der Waals surface area contributed by atoms with Gasteiger partial charge in [0.05, 0.1) is 11.5 Å². The number of hydrogen-bond donors (Lipinski definition) is 4. The lowest BCUT2D eigenvalue weighted by atomic mass is 10.3. The SMILES string of the molecule is CCCCNC(=O)NC(=O)CSSCC(=O)NC(=O)NCCCC. The van der Waals surface area contributed by atoms with Crippen molar-refractivity contribution < 1.29 is 19.2 Å². The third-order valence-corrected chi connectivity index (χ3v) is 4.73. The van der Waals surface area contributed by atoms with E-state index >= 15 is 0 Å². The fourth-order valence-electron chi connectivity index (χ4n) is 1.36. The second-order valence-electron chi connectivity index (χ2n) is 4.84. The van der Waals surface area contributed by atoms with Gasteiger partial charge in [-0.25, -0.2) is 9.59 Å². The van der Waals surface area contributed by atoms with E-state index in [1.54, 1.807) is 0 Å². The van der Waals surface area contributed by atoms with Crippen molar-refractivity contribution in [1.29, 1.82) is 0 Å². The molecule has 0 aliphatic rings. The van der Waals surface area contributed by atoms with Gasteiger partial charge in [-0.1, -0.05) is 48.3 Å². The summed E-state index contributed by atoms with van der Waals surface area (Å²) < 4.78 is 0. The van der Waals surface area contributed by atoms with Crippen molar-refractivity contribution in [3.63, 3.8) is 0 Å².